The molecule has 1 aromatic rings. The van der Waals surface area contributed by atoms with E-state index >= 15 is 0 Å². The molecular weight excluding hydrogens is 278 g/mol. The first-order chi connectivity index (χ1) is 9.47. The summed E-state index contributed by atoms with van der Waals surface area (Å²) in [6, 6.07) is 4.65. The van der Waals surface area contributed by atoms with E-state index in [1.807, 2.05) is 0 Å². The second-order valence-corrected chi connectivity index (χ2v) is 6.53. The van der Waals surface area contributed by atoms with Crippen LogP contribution in [0.4, 0.5) is 11.4 Å². The van der Waals surface area contributed by atoms with Gasteiger partial charge in [0.1, 0.15) is 4.90 Å². The zero-order valence-corrected chi connectivity index (χ0v) is 12.2. The summed E-state index contributed by atoms with van der Waals surface area (Å²) in [6.45, 7) is 1.45. The minimum Gasteiger partial charge on any atom is -0.399 e. The maximum Gasteiger partial charge on any atom is 0.240 e. The lowest BCUT2D eigenvalue weighted by atomic mass is 10.1. The Balaban J connectivity index is 1.98. The van der Waals surface area contributed by atoms with Crippen LogP contribution in [-0.2, 0) is 14.8 Å². The highest BCUT2D eigenvalue weighted by molar-refractivity contribution is 7.89. The van der Waals surface area contributed by atoms with Gasteiger partial charge in [-0.25, -0.2) is 13.6 Å². The van der Waals surface area contributed by atoms with Crippen LogP contribution in [0.1, 0.15) is 25.7 Å². The van der Waals surface area contributed by atoms with Gasteiger partial charge in [-0.1, -0.05) is 0 Å². The number of anilines is 2. The number of hydrogen-bond acceptors (Lipinski definition) is 5. The van der Waals surface area contributed by atoms with Crippen LogP contribution in [-0.4, -0.2) is 27.7 Å². The monoisotopic (exact) mass is 299 g/mol. The van der Waals surface area contributed by atoms with Crippen molar-refractivity contribution in [3.05, 3.63) is 18.2 Å². The summed E-state index contributed by atoms with van der Waals surface area (Å²) in [7, 11) is -3.79. The molecule has 0 saturated carbocycles. The summed E-state index contributed by atoms with van der Waals surface area (Å²) in [5.74, 6) is 0. The summed E-state index contributed by atoms with van der Waals surface area (Å²) in [5, 5.41) is 8.29. The molecule has 112 valence electrons. The minimum absolute atomic E-state index is 0.0297. The topological polar surface area (TPSA) is 107 Å². The number of ether oxygens (including phenoxy) is 1. The van der Waals surface area contributed by atoms with E-state index in [0.717, 1.165) is 25.9 Å². The highest BCUT2D eigenvalue weighted by Gasteiger charge is 2.16. The summed E-state index contributed by atoms with van der Waals surface area (Å²) in [6.07, 6.45) is 4.47. The molecule has 5 N–H and O–H groups in total. The van der Waals surface area contributed by atoms with Crippen molar-refractivity contribution in [2.75, 3.05) is 24.2 Å². The Hall–Kier alpha value is -1.31. The van der Waals surface area contributed by atoms with Gasteiger partial charge in [-0.05, 0) is 43.9 Å². The lowest BCUT2D eigenvalue weighted by molar-refractivity contribution is 0.0134. The standard InChI is InChI=1S/C13H21N3O3S/c14-10-4-5-12(13(9-10)20(15,17)18)16-7-6-11-3-1-2-8-19-11/h4-5,9,11,16H,1-3,6-8,14H2,(H2,15,17,18). The van der Waals surface area contributed by atoms with Gasteiger partial charge in [0, 0.05) is 18.8 Å². The number of primary sulfonamides is 1. The molecule has 20 heavy (non-hydrogen) atoms. The summed E-state index contributed by atoms with van der Waals surface area (Å²) in [5.41, 5.74) is 6.46. The zero-order chi connectivity index (χ0) is 14.6. The Morgan fingerprint density at radius 1 is 1.35 bits per heavy atom. The molecule has 0 aromatic heterocycles. The van der Waals surface area contributed by atoms with Gasteiger partial charge in [-0.15, -0.1) is 0 Å². The summed E-state index contributed by atoms with van der Waals surface area (Å²) < 4.78 is 28.7. The molecule has 1 unspecified atom stereocenters. The van der Waals surface area contributed by atoms with Crippen LogP contribution in [0.25, 0.3) is 0 Å². The van der Waals surface area contributed by atoms with Crippen LogP contribution in [0.3, 0.4) is 0 Å². The molecule has 0 aliphatic carbocycles. The molecule has 0 spiro atoms. The maximum atomic E-state index is 11.5. The normalized spacial score (nSPS) is 19.8. The maximum absolute atomic E-state index is 11.5. The van der Waals surface area contributed by atoms with Gasteiger partial charge in [0.2, 0.25) is 10.0 Å². The van der Waals surface area contributed by atoms with E-state index in [1.54, 1.807) is 12.1 Å². The molecule has 1 aliphatic heterocycles. The van der Waals surface area contributed by atoms with Gasteiger partial charge in [0.25, 0.3) is 0 Å². The van der Waals surface area contributed by atoms with E-state index in [4.69, 9.17) is 15.6 Å². The lowest BCUT2D eigenvalue weighted by Crippen LogP contribution is -2.22. The number of nitrogens with two attached hydrogens (primary N) is 2. The largest absolute Gasteiger partial charge is 0.399 e. The predicted molar refractivity (Wildman–Crippen MR) is 78.9 cm³/mol. The number of sulfonamides is 1. The van der Waals surface area contributed by atoms with Crippen molar-refractivity contribution < 1.29 is 13.2 Å². The Bertz CT molecular complexity index is 554. The van der Waals surface area contributed by atoms with E-state index in [9.17, 15) is 8.42 Å². The number of benzene rings is 1. The molecule has 1 saturated heterocycles. The molecule has 7 heteroatoms. The van der Waals surface area contributed by atoms with Crippen molar-refractivity contribution >= 4 is 21.4 Å². The van der Waals surface area contributed by atoms with E-state index in [1.165, 1.54) is 12.5 Å². The third kappa shape index (κ3) is 4.09. The molecule has 1 heterocycles. The van der Waals surface area contributed by atoms with E-state index in [-0.39, 0.29) is 11.0 Å². The Morgan fingerprint density at radius 2 is 2.15 bits per heavy atom. The Kier molecular flexibility index (Phi) is 4.85. The quantitative estimate of drug-likeness (QED) is 0.710. The lowest BCUT2D eigenvalue weighted by Gasteiger charge is -2.23. The number of nitrogens with one attached hydrogen (secondary N) is 1. The first-order valence-corrected chi connectivity index (χ1v) is 8.29. The van der Waals surface area contributed by atoms with Crippen LogP contribution in [0.5, 0.6) is 0 Å². The van der Waals surface area contributed by atoms with Crippen LogP contribution in [0, 0.1) is 0 Å². The zero-order valence-electron chi connectivity index (χ0n) is 11.3. The summed E-state index contributed by atoms with van der Waals surface area (Å²) >= 11 is 0. The fraction of sp³-hybridized carbons (Fsp3) is 0.538. The third-order valence-corrected chi connectivity index (χ3v) is 4.32. The van der Waals surface area contributed by atoms with Crippen molar-refractivity contribution in [3.63, 3.8) is 0 Å². The third-order valence-electron chi connectivity index (χ3n) is 3.37. The van der Waals surface area contributed by atoms with Gasteiger partial charge in [-0.2, -0.15) is 0 Å². The van der Waals surface area contributed by atoms with Crippen LogP contribution in [0.15, 0.2) is 23.1 Å². The van der Waals surface area contributed by atoms with E-state index in [2.05, 4.69) is 5.32 Å². The second-order valence-electron chi connectivity index (χ2n) is 5.00. The fourth-order valence-corrected chi connectivity index (χ4v) is 3.07. The number of hydrogen-bond donors (Lipinski definition) is 3. The first kappa shape index (κ1) is 15.1. The number of nitrogen functional groups attached to an aromatic ring is 1. The van der Waals surface area contributed by atoms with Crippen molar-refractivity contribution in [1.82, 2.24) is 0 Å². The number of rotatable bonds is 5. The minimum atomic E-state index is -3.79. The van der Waals surface area contributed by atoms with Crippen molar-refractivity contribution in [3.8, 4) is 0 Å². The molecule has 6 nitrogen and oxygen atoms in total. The van der Waals surface area contributed by atoms with Crippen molar-refractivity contribution in [1.29, 1.82) is 0 Å². The molecule has 1 aromatic carbocycles. The average Bonchev–Trinajstić information content (AvgIpc) is 2.40. The molecule has 0 bridgehead atoms. The fourth-order valence-electron chi connectivity index (χ4n) is 2.32. The van der Waals surface area contributed by atoms with Gasteiger partial charge >= 0.3 is 0 Å². The molecule has 2 rings (SSSR count). The first-order valence-electron chi connectivity index (χ1n) is 6.74. The van der Waals surface area contributed by atoms with E-state index < -0.39 is 10.0 Å². The SMILES string of the molecule is Nc1ccc(NCCC2CCCCO2)c(S(N)(=O)=O)c1. The van der Waals surface area contributed by atoms with Crippen LogP contribution in [0.2, 0.25) is 0 Å². The Labute approximate surface area is 119 Å². The highest BCUT2D eigenvalue weighted by Crippen LogP contribution is 2.23. The average molecular weight is 299 g/mol. The molecule has 0 radical (unpaired) electrons. The molecule has 1 fully saturated rings. The Morgan fingerprint density at radius 3 is 2.80 bits per heavy atom. The molecule has 0 amide bonds. The van der Waals surface area contributed by atoms with E-state index in [0.29, 0.717) is 17.9 Å². The summed E-state index contributed by atoms with van der Waals surface area (Å²) in [4.78, 5) is 0.0297. The smallest absolute Gasteiger partial charge is 0.240 e. The molecule has 1 atom stereocenters. The second kappa shape index (κ2) is 6.43. The molecule has 1 aliphatic rings. The van der Waals surface area contributed by atoms with Crippen LogP contribution >= 0.6 is 0 Å². The van der Waals surface area contributed by atoms with Gasteiger partial charge in [-0.3, -0.25) is 0 Å². The van der Waals surface area contributed by atoms with Gasteiger partial charge in [0.15, 0.2) is 0 Å². The van der Waals surface area contributed by atoms with Crippen molar-refractivity contribution in [2.24, 2.45) is 5.14 Å². The highest BCUT2D eigenvalue weighted by atomic mass is 32.2. The van der Waals surface area contributed by atoms with Gasteiger partial charge in [0.05, 0.1) is 11.8 Å². The van der Waals surface area contributed by atoms with Gasteiger partial charge < -0.3 is 15.8 Å². The molecular formula is C13H21N3O3S. The van der Waals surface area contributed by atoms with Crippen molar-refractivity contribution in [2.45, 2.75) is 36.7 Å². The predicted octanol–water partition coefficient (Wildman–Crippen LogP) is 1.29. The van der Waals surface area contributed by atoms with Crippen LogP contribution < -0.4 is 16.2 Å².